The van der Waals surface area contributed by atoms with E-state index >= 15 is 0 Å². The highest BCUT2D eigenvalue weighted by molar-refractivity contribution is 5.86. The number of aromatic nitrogens is 6. The van der Waals surface area contributed by atoms with Crippen LogP contribution in [0.2, 0.25) is 0 Å². The van der Waals surface area contributed by atoms with Crippen molar-refractivity contribution < 1.29 is 0 Å². The third kappa shape index (κ3) is 4.35. The molecule has 9 heteroatoms. The Bertz CT molecular complexity index is 1400. The second-order valence-corrected chi connectivity index (χ2v) is 9.30. The van der Waals surface area contributed by atoms with Crippen molar-refractivity contribution >= 4 is 34.1 Å². The van der Waals surface area contributed by atoms with E-state index in [1.807, 2.05) is 36.3 Å². The van der Waals surface area contributed by atoms with E-state index in [9.17, 15) is 0 Å². The molecular weight excluding hydrogens is 438 g/mol. The summed E-state index contributed by atoms with van der Waals surface area (Å²) in [5.74, 6) is 1.61. The maximum Gasteiger partial charge on any atom is 0.227 e. The average molecular weight is 468 g/mol. The lowest BCUT2D eigenvalue weighted by Crippen LogP contribution is -2.44. The van der Waals surface area contributed by atoms with Gasteiger partial charge in [0.2, 0.25) is 5.95 Å². The minimum atomic E-state index is 0.617. The number of likely N-dealkylation sites (N-methyl/N-ethyl adjacent to an activating group) is 1. The quantitative estimate of drug-likeness (QED) is 0.489. The number of aryl methyl sites for hydroxylation is 2. The standard InChI is InChI=1S/C26H29N9/c1-33-11-13-35(14-12-33)25-16-19(9-10-27-25)29-26-28-17-21-20(5-3-4-6-22(21)30-26)18-7-8-23-24(15-18)34(2)32-31-23/h5,7-10,15-17H,3-4,6,11-14H2,1-2H3,(H,27,28,29,30). The van der Waals surface area contributed by atoms with Crippen LogP contribution >= 0.6 is 0 Å². The topological polar surface area (TPSA) is 87.9 Å². The average Bonchev–Trinajstić information content (AvgIpc) is 3.12. The molecule has 2 aliphatic rings. The number of piperazine rings is 1. The summed E-state index contributed by atoms with van der Waals surface area (Å²) in [7, 11) is 4.08. The Morgan fingerprint density at radius 1 is 0.971 bits per heavy atom. The SMILES string of the molecule is CN1CCN(c2cc(Nc3ncc4c(n3)CCCC=C4c3ccc4nnn(C)c4c3)ccn2)CC1. The summed E-state index contributed by atoms with van der Waals surface area (Å²) in [6.45, 7) is 4.07. The van der Waals surface area contributed by atoms with Crippen LogP contribution in [0.3, 0.4) is 0 Å². The smallest absolute Gasteiger partial charge is 0.227 e. The van der Waals surface area contributed by atoms with Gasteiger partial charge in [-0.05, 0) is 55.6 Å². The maximum atomic E-state index is 4.93. The molecule has 3 aromatic heterocycles. The molecule has 178 valence electrons. The molecule has 1 fully saturated rings. The summed E-state index contributed by atoms with van der Waals surface area (Å²) >= 11 is 0. The molecule has 1 saturated heterocycles. The molecule has 4 heterocycles. The lowest BCUT2D eigenvalue weighted by Gasteiger charge is -2.33. The number of pyridine rings is 1. The van der Waals surface area contributed by atoms with Crippen molar-refractivity contribution in [1.29, 1.82) is 0 Å². The molecule has 1 aliphatic heterocycles. The second-order valence-electron chi connectivity index (χ2n) is 9.30. The molecule has 0 spiro atoms. The summed E-state index contributed by atoms with van der Waals surface area (Å²) < 4.78 is 1.81. The minimum absolute atomic E-state index is 0.617. The molecular formula is C26H29N9. The van der Waals surface area contributed by atoms with Gasteiger partial charge in [0.05, 0.1) is 11.2 Å². The molecule has 0 amide bonds. The Kier molecular flexibility index (Phi) is 5.61. The molecule has 35 heavy (non-hydrogen) atoms. The van der Waals surface area contributed by atoms with Gasteiger partial charge in [-0.2, -0.15) is 0 Å². The van der Waals surface area contributed by atoms with Crippen LogP contribution in [0.25, 0.3) is 16.6 Å². The minimum Gasteiger partial charge on any atom is -0.354 e. The summed E-state index contributed by atoms with van der Waals surface area (Å²) in [5.41, 5.74) is 7.34. The van der Waals surface area contributed by atoms with Crippen LogP contribution in [0.15, 0.2) is 48.8 Å². The van der Waals surface area contributed by atoms with Crippen LogP contribution in [0.1, 0.15) is 29.7 Å². The number of benzene rings is 1. The Balaban J connectivity index is 1.27. The number of hydrogen-bond donors (Lipinski definition) is 1. The predicted molar refractivity (Wildman–Crippen MR) is 138 cm³/mol. The first-order chi connectivity index (χ1) is 17.1. The van der Waals surface area contributed by atoms with E-state index in [4.69, 9.17) is 9.97 Å². The Morgan fingerprint density at radius 2 is 1.86 bits per heavy atom. The zero-order chi connectivity index (χ0) is 23.8. The number of nitrogens with one attached hydrogen (secondary N) is 1. The number of anilines is 3. The van der Waals surface area contributed by atoms with Crippen molar-refractivity contribution in [2.75, 3.05) is 43.4 Å². The van der Waals surface area contributed by atoms with Gasteiger partial charge in [0.15, 0.2) is 0 Å². The number of hydrogen-bond acceptors (Lipinski definition) is 8. The Hall–Kier alpha value is -3.85. The fourth-order valence-electron chi connectivity index (χ4n) is 4.82. The number of allylic oxidation sites excluding steroid dienone is 1. The summed E-state index contributed by atoms with van der Waals surface area (Å²) in [5, 5.41) is 11.8. The normalized spacial score (nSPS) is 16.6. The number of fused-ring (bicyclic) bond motifs is 2. The first-order valence-corrected chi connectivity index (χ1v) is 12.2. The zero-order valence-electron chi connectivity index (χ0n) is 20.1. The van der Waals surface area contributed by atoms with Crippen molar-refractivity contribution in [3.05, 3.63) is 65.6 Å². The first kappa shape index (κ1) is 21.7. The van der Waals surface area contributed by atoms with Crippen LogP contribution in [0.4, 0.5) is 17.5 Å². The molecule has 0 saturated carbocycles. The van der Waals surface area contributed by atoms with Crippen molar-refractivity contribution in [2.24, 2.45) is 7.05 Å². The highest BCUT2D eigenvalue weighted by Gasteiger charge is 2.18. The maximum absolute atomic E-state index is 4.93. The molecule has 1 N–H and O–H groups in total. The van der Waals surface area contributed by atoms with Crippen LogP contribution in [-0.2, 0) is 13.5 Å². The van der Waals surface area contributed by atoms with Gasteiger partial charge < -0.3 is 15.1 Å². The molecule has 9 nitrogen and oxygen atoms in total. The van der Waals surface area contributed by atoms with Crippen LogP contribution < -0.4 is 10.2 Å². The fourth-order valence-corrected chi connectivity index (χ4v) is 4.82. The van der Waals surface area contributed by atoms with Crippen molar-refractivity contribution in [1.82, 2.24) is 34.8 Å². The third-order valence-corrected chi connectivity index (χ3v) is 6.87. The first-order valence-electron chi connectivity index (χ1n) is 12.2. The highest BCUT2D eigenvalue weighted by atomic mass is 15.4. The lowest BCUT2D eigenvalue weighted by molar-refractivity contribution is 0.312. The molecule has 0 bridgehead atoms. The third-order valence-electron chi connectivity index (χ3n) is 6.87. The van der Waals surface area contributed by atoms with Crippen molar-refractivity contribution in [3.8, 4) is 0 Å². The van der Waals surface area contributed by atoms with Crippen LogP contribution in [0.5, 0.6) is 0 Å². The summed E-state index contributed by atoms with van der Waals surface area (Å²) in [6, 6.07) is 10.3. The van der Waals surface area contributed by atoms with E-state index in [2.05, 4.69) is 61.7 Å². The van der Waals surface area contributed by atoms with E-state index in [0.717, 1.165) is 84.8 Å². The van der Waals surface area contributed by atoms with Crippen molar-refractivity contribution in [3.63, 3.8) is 0 Å². The van der Waals surface area contributed by atoms with Gasteiger partial charge in [0, 0.05) is 62.9 Å². The number of rotatable bonds is 4. The molecule has 1 aliphatic carbocycles. The molecule has 1 aromatic carbocycles. The fraction of sp³-hybridized carbons (Fsp3) is 0.346. The van der Waals surface area contributed by atoms with Gasteiger partial charge in [-0.1, -0.05) is 17.4 Å². The van der Waals surface area contributed by atoms with Gasteiger partial charge in [-0.25, -0.2) is 19.6 Å². The monoisotopic (exact) mass is 467 g/mol. The molecule has 0 atom stereocenters. The molecule has 0 unspecified atom stereocenters. The van der Waals surface area contributed by atoms with Crippen LogP contribution in [0, 0.1) is 0 Å². The largest absolute Gasteiger partial charge is 0.354 e. The number of nitrogens with zero attached hydrogens (tertiary/aromatic N) is 8. The van der Waals surface area contributed by atoms with E-state index < -0.39 is 0 Å². The lowest BCUT2D eigenvalue weighted by atomic mass is 9.97. The molecule has 6 rings (SSSR count). The van der Waals surface area contributed by atoms with Gasteiger partial charge in [0.1, 0.15) is 11.3 Å². The van der Waals surface area contributed by atoms with E-state index in [-0.39, 0.29) is 0 Å². The van der Waals surface area contributed by atoms with Gasteiger partial charge >= 0.3 is 0 Å². The highest BCUT2D eigenvalue weighted by Crippen LogP contribution is 2.32. The van der Waals surface area contributed by atoms with Gasteiger partial charge in [0.25, 0.3) is 0 Å². The molecule has 4 aromatic rings. The summed E-state index contributed by atoms with van der Waals surface area (Å²) in [6.07, 6.45) is 9.10. The van der Waals surface area contributed by atoms with E-state index in [1.165, 1.54) is 5.57 Å². The predicted octanol–water partition coefficient (Wildman–Crippen LogP) is 3.42. The summed E-state index contributed by atoms with van der Waals surface area (Å²) in [4.78, 5) is 18.9. The van der Waals surface area contributed by atoms with E-state index in [0.29, 0.717) is 5.95 Å². The van der Waals surface area contributed by atoms with Gasteiger partial charge in [-0.3, -0.25) is 0 Å². The van der Waals surface area contributed by atoms with Crippen molar-refractivity contribution in [2.45, 2.75) is 19.3 Å². The Labute approximate surface area is 204 Å². The zero-order valence-corrected chi connectivity index (χ0v) is 20.1. The van der Waals surface area contributed by atoms with Gasteiger partial charge in [-0.15, -0.1) is 5.10 Å². The van der Waals surface area contributed by atoms with Crippen LogP contribution in [-0.4, -0.2) is 68.1 Å². The second kappa shape index (κ2) is 9.07. The molecule has 0 radical (unpaired) electrons. The Morgan fingerprint density at radius 3 is 2.74 bits per heavy atom. The van der Waals surface area contributed by atoms with E-state index in [1.54, 1.807) is 0 Å².